The molecule has 1 saturated carbocycles. The highest BCUT2D eigenvalue weighted by molar-refractivity contribution is 6.42. The molecule has 0 spiro atoms. The Labute approximate surface area is 290 Å². The molecule has 1 fully saturated rings. The maximum Gasteiger partial charge on any atom is 0.292 e. The van der Waals surface area contributed by atoms with E-state index >= 15 is 0 Å². The highest BCUT2D eigenvalue weighted by Gasteiger charge is 2.26. The quantitative estimate of drug-likeness (QED) is 0.0720. The lowest BCUT2D eigenvalue weighted by Gasteiger charge is -2.29. The van der Waals surface area contributed by atoms with E-state index in [1.165, 1.54) is 0 Å². The summed E-state index contributed by atoms with van der Waals surface area (Å²) in [7, 11) is 0. The summed E-state index contributed by atoms with van der Waals surface area (Å²) in [4.78, 5) is 50.4. The van der Waals surface area contributed by atoms with Gasteiger partial charge in [0.1, 0.15) is 36.2 Å². The van der Waals surface area contributed by atoms with E-state index in [2.05, 4.69) is 10.6 Å². The van der Waals surface area contributed by atoms with E-state index in [0.29, 0.717) is 61.5 Å². The Hall–Kier alpha value is -6.16. The molecule has 0 bridgehead atoms. The third-order valence-corrected chi connectivity index (χ3v) is 8.14. The van der Waals surface area contributed by atoms with Crippen molar-refractivity contribution in [1.82, 2.24) is 10.6 Å². The second-order valence-corrected chi connectivity index (χ2v) is 11.9. The average Bonchev–Trinajstić information content (AvgIpc) is 3.15. The number of nitrogens with one attached hydrogen (secondary N) is 2. The maximum absolute atomic E-state index is 12.6. The molecule has 50 heavy (non-hydrogen) atoms. The van der Waals surface area contributed by atoms with Gasteiger partial charge >= 0.3 is 0 Å². The molecule has 4 aromatic rings. The molecule has 4 N–H and O–H groups in total. The van der Waals surface area contributed by atoms with E-state index < -0.39 is 23.4 Å². The minimum Gasteiger partial charge on any atom is -0.507 e. The van der Waals surface area contributed by atoms with Crippen molar-refractivity contribution < 1.29 is 38.9 Å². The molecule has 0 unspecified atom stereocenters. The number of ketones is 2. The highest BCUT2D eigenvalue weighted by Crippen LogP contribution is 2.22. The summed E-state index contributed by atoms with van der Waals surface area (Å²) in [5.41, 5.74) is 2.61. The minimum absolute atomic E-state index is 0.319. The number of ether oxygens (including phenoxy) is 2. The molecular weight excluding hydrogens is 636 g/mol. The van der Waals surface area contributed by atoms with E-state index in [1.807, 2.05) is 60.7 Å². The first-order chi connectivity index (χ1) is 24.2. The predicted octanol–water partition coefficient (Wildman–Crippen LogP) is 6.02. The van der Waals surface area contributed by atoms with E-state index in [4.69, 9.17) is 9.47 Å². The van der Waals surface area contributed by atoms with Crippen molar-refractivity contribution in [3.05, 3.63) is 144 Å². The van der Waals surface area contributed by atoms with E-state index in [0.717, 1.165) is 23.3 Å². The van der Waals surface area contributed by atoms with Gasteiger partial charge in [0.25, 0.3) is 11.8 Å². The maximum atomic E-state index is 12.6. The molecule has 4 aromatic carbocycles. The van der Waals surface area contributed by atoms with Crippen LogP contribution in [0.3, 0.4) is 0 Å². The lowest BCUT2D eigenvalue weighted by atomic mass is 9.91. The largest absolute Gasteiger partial charge is 0.507 e. The van der Waals surface area contributed by atoms with Crippen LogP contribution < -0.4 is 20.1 Å². The van der Waals surface area contributed by atoms with Crippen LogP contribution in [0.15, 0.2) is 121 Å². The van der Waals surface area contributed by atoms with Gasteiger partial charge in [0.15, 0.2) is 0 Å². The number of rotatable bonds is 14. The Bertz CT molecular complexity index is 1730. The van der Waals surface area contributed by atoms with Crippen LogP contribution in [0, 0.1) is 0 Å². The predicted molar refractivity (Wildman–Crippen MR) is 188 cm³/mol. The molecule has 0 aromatic heterocycles. The summed E-state index contributed by atoms with van der Waals surface area (Å²) in [6.45, 7) is 0.667. The lowest BCUT2D eigenvalue weighted by molar-refractivity contribution is -0.136. The van der Waals surface area contributed by atoms with Crippen LogP contribution in [0.5, 0.6) is 11.5 Å². The van der Waals surface area contributed by atoms with Crippen molar-refractivity contribution in [2.24, 2.45) is 0 Å². The minimum atomic E-state index is -0.904. The molecule has 2 amide bonds. The fraction of sp³-hybridized carbons (Fsp3) is 0.200. The first-order valence-electron chi connectivity index (χ1n) is 16.3. The number of benzene rings is 4. The van der Waals surface area contributed by atoms with Gasteiger partial charge in [-0.15, -0.1) is 0 Å². The van der Waals surface area contributed by atoms with Crippen LogP contribution in [0.25, 0.3) is 11.5 Å². The zero-order valence-electron chi connectivity index (χ0n) is 27.3. The zero-order chi connectivity index (χ0) is 35.3. The summed E-state index contributed by atoms with van der Waals surface area (Å²) < 4.78 is 11.5. The van der Waals surface area contributed by atoms with E-state index in [1.54, 1.807) is 48.5 Å². The van der Waals surface area contributed by atoms with Gasteiger partial charge in [-0.2, -0.15) is 0 Å². The zero-order valence-corrected chi connectivity index (χ0v) is 27.3. The molecule has 0 aliphatic heterocycles. The number of hydrogen-bond donors (Lipinski definition) is 4. The Morgan fingerprint density at radius 3 is 1.32 bits per heavy atom. The third-order valence-electron chi connectivity index (χ3n) is 8.14. The van der Waals surface area contributed by atoms with Crippen LogP contribution in [0.1, 0.15) is 47.9 Å². The smallest absolute Gasteiger partial charge is 0.292 e. The molecule has 0 heterocycles. The van der Waals surface area contributed by atoms with Crippen LogP contribution in [0.4, 0.5) is 0 Å². The number of amides is 2. The third kappa shape index (κ3) is 10.4. The van der Waals surface area contributed by atoms with Crippen LogP contribution >= 0.6 is 0 Å². The Balaban J connectivity index is 1.05. The van der Waals surface area contributed by atoms with Gasteiger partial charge in [0, 0.05) is 35.4 Å². The Morgan fingerprint density at radius 2 is 0.940 bits per heavy atom. The van der Waals surface area contributed by atoms with Gasteiger partial charge in [-0.1, -0.05) is 84.9 Å². The van der Waals surface area contributed by atoms with Crippen LogP contribution in [0.2, 0.25) is 0 Å². The topological polar surface area (TPSA) is 151 Å². The summed E-state index contributed by atoms with van der Waals surface area (Å²) in [5.74, 6) is -3.26. The summed E-state index contributed by atoms with van der Waals surface area (Å²) >= 11 is 0. The molecule has 10 nitrogen and oxygen atoms in total. The van der Waals surface area contributed by atoms with Gasteiger partial charge in [0.05, 0.1) is 0 Å². The van der Waals surface area contributed by atoms with Crippen molar-refractivity contribution in [1.29, 1.82) is 0 Å². The van der Waals surface area contributed by atoms with Crippen molar-refractivity contribution >= 4 is 34.9 Å². The fourth-order valence-corrected chi connectivity index (χ4v) is 5.41. The van der Waals surface area contributed by atoms with Gasteiger partial charge in [-0.3, -0.25) is 19.2 Å². The standard InChI is InChI=1S/C40H38N2O8/c43-35(29-13-7-15-33(21-29)49-25-27-9-3-1-4-10-27)23-37(45)39(47)41-31-17-19-32(20-18-31)42-40(48)38(46)24-36(44)30-14-8-16-34(22-30)50-26-28-11-5-2-6-12-28/h1-16,21-24,31-32,43-44H,17-20,25-26H2,(H,41,47)(H,42,48)/b35-23-,36-24-. The first kappa shape index (κ1) is 35.2. The molecular formula is C40H38N2O8. The summed E-state index contributed by atoms with van der Waals surface area (Å²) in [6.07, 6.45) is 3.61. The molecule has 10 heteroatoms. The molecule has 256 valence electrons. The molecule has 1 aliphatic rings. The molecule has 0 radical (unpaired) electrons. The molecule has 1 aliphatic carbocycles. The highest BCUT2D eigenvalue weighted by atomic mass is 16.5. The Morgan fingerprint density at radius 1 is 0.560 bits per heavy atom. The van der Waals surface area contributed by atoms with Gasteiger partial charge in [-0.25, -0.2) is 0 Å². The van der Waals surface area contributed by atoms with Gasteiger partial charge < -0.3 is 30.3 Å². The fourth-order valence-electron chi connectivity index (χ4n) is 5.41. The van der Waals surface area contributed by atoms with Crippen molar-refractivity contribution in [3.63, 3.8) is 0 Å². The number of hydrogen-bond acceptors (Lipinski definition) is 8. The number of carbonyl (C=O) groups is 4. The van der Waals surface area contributed by atoms with Crippen molar-refractivity contribution in [3.8, 4) is 11.5 Å². The molecule has 0 saturated heterocycles. The van der Waals surface area contributed by atoms with Gasteiger partial charge in [-0.05, 0) is 61.1 Å². The average molecular weight is 675 g/mol. The lowest BCUT2D eigenvalue weighted by Crippen LogP contribution is -2.46. The monoisotopic (exact) mass is 674 g/mol. The SMILES string of the molecule is O=C(/C=C(\O)c1cccc(OCc2ccccc2)c1)C(=O)NC1CCC(NC(=O)C(=O)/C=C(\O)c2cccc(OCc3ccccc3)c2)CC1. The van der Waals surface area contributed by atoms with Crippen molar-refractivity contribution in [2.75, 3.05) is 0 Å². The molecule has 0 atom stereocenters. The van der Waals surface area contributed by atoms with E-state index in [9.17, 15) is 29.4 Å². The van der Waals surface area contributed by atoms with Crippen LogP contribution in [-0.4, -0.2) is 45.7 Å². The van der Waals surface area contributed by atoms with Gasteiger partial charge in [0.2, 0.25) is 11.6 Å². The summed E-state index contributed by atoms with van der Waals surface area (Å²) in [5, 5.41) is 26.4. The Kier molecular flexibility index (Phi) is 12.2. The first-order valence-corrected chi connectivity index (χ1v) is 16.3. The van der Waals surface area contributed by atoms with Crippen molar-refractivity contribution in [2.45, 2.75) is 51.0 Å². The van der Waals surface area contributed by atoms with Crippen LogP contribution in [-0.2, 0) is 32.4 Å². The number of aliphatic hydroxyl groups is 2. The summed E-state index contributed by atoms with van der Waals surface area (Å²) in [6, 6.07) is 31.7. The second kappa shape index (κ2) is 17.3. The molecule has 5 rings (SSSR count). The van der Waals surface area contributed by atoms with E-state index in [-0.39, 0.29) is 23.6 Å². The number of aliphatic hydroxyl groups excluding tert-OH is 2. The number of carbonyl (C=O) groups excluding carboxylic acids is 4. The second-order valence-electron chi connectivity index (χ2n) is 11.9. The normalized spacial score (nSPS) is 16.2.